The summed E-state index contributed by atoms with van der Waals surface area (Å²) in [5.74, 6) is 0.702. The van der Waals surface area contributed by atoms with Crippen molar-refractivity contribution in [3.63, 3.8) is 0 Å². The molecule has 2 heterocycles. The average Bonchev–Trinajstić information content (AvgIpc) is 2.67. The van der Waals surface area contributed by atoms with E-state index in [1.807, 2.05) is 30.3 Å². The molecule has 0 fully saturated rings. The fourth-order valence-corrected chi connectivity index (χ4v) is 2.63. The Balaban J connectivity index is 0.00000169. The summed E-state index contributed by atoms with van der Waals surface area (Å²) in [6, 6.07) is 9.56. The van der Waals surface area contributed by atoms with Gasteiger partial charge < -0.3 is 15.4 Å². The van der Waals surface area contributed by atoms with Crippen molar-refractivity contribution >= 4 is 30.7 Å². The van der Waals surface area contributed by atoms with Gasteiger partial charge >= 0.3 is 0 Å². The van der Waals surface area contributed by atoms with E-state index in [1.165, 1.54) is 5.57 Å². The molecule has 1 aliphatic rings. The number of nitrogens with one attached hydrogen (secondary N) is 2. The molecule has 1 aromatic carbocycles. The van der Waals surface area contributed by atoms with Gasteiger partial charge in [-0.15, -0.1) is 24.8 Å². The maximum Gasteiger partial charge on any atom is 0.253 e. The highest BCUT2D eigenvalue weighted by Crippen LogP contribution is 2.22. The Bertz CT molecular complexity index is 749. The molecule has 2 N–H and O–H groups in total. The number of rotatable bonds is 5. The van der Waals surface area contributed by atoms with E-state index in [9.17, 15) is 4.79 Å². The molecule has 0 saturated heterocycles. The van der Waals surface area contributed by atoms with Gasteiger partial charge in [-0.3, -0.25) is 9.78 Å². The van der Waals surface area contributed by atoms with Crippen LogP contribution in [0, 0.1) is 0 Å². The molecule has 0 radical (unpaired) electrons. The van der Waals surface area contributed by atoms with Gasteiger partial charge in [0.2, 0.25) is 0 Å². The maximum atomic E-state index is 12.4. The van der Waals surface area contributed by atoms with Gasteiger partial charge in [0.15, 0.2) is 0 Å². The average molecular weight is 396 g/mol. The summed E-state index contributed by atoms with van der Waals surface area (Å²) in [5, 5.41) is 6.23. The van der Waals surface area contributed by atoms with Crippen LogP contribution >= 0.6 is 24.8 Å². The molecule has 2 aromatic rings. The minimum atomic E-state index is -0.0997. The number of hydrogen-bond acceptors (Lipinski definition) is 4. The Morgan fingerprint density at radius 2 is 1.96 bits per heavy atom. The van der Waals surface area contributed by atoms with Crippen LogP contribution in [-0.4, -0.2) is 37.6 Å². The van der Waals surface area contributed by atoms with Crippen molar-refractivity contribution in [3.05, 3.63) is 59.9 Å². The van der Waals surface area contributed by atoms with Crippen LogP contribution in [0.2, 0.25) is 0 Å². The minimum Gasteiger partial charge on any atom is -0.497 e. The van der Waals surface area contributed by atoms with Crippen LogP contribution in [0.1, 0.15) is 16.8 Å². The van der Waals surface area contributed by atoms with Gasteiger partial charge in [-0.2, -0.15) is 0 Å². The van der Waals surface area contributed by atoms with E-state index in [0.717, 1.165) is 36.4 Å². The van der Waals surface area contributed by atoms with Crippen LogP contribution in [0.3, 0.4) is 0 Å². The van der Waals surface area contributed by atoms with Crippen LogP contribution in [0.5, 0.6) is 5.75 Å². The highest BCUT2D eigenvalue weighted by atomic mass is 35.5. The Labute approximate surface area is 166 Å². The summed E-state index contributed by atoms with van der Waals surface area (Å²) in [6.45, 7) is 2.43. The maximum absolute atomic E-state index is 12.4. The molecular weight excluding hydrogens is 373 g/mol. The third-order valence-electron chi connectivity index (χ3n) is 4.06. The molecule has 0 spiro atoms. The molecule has 7 heteroatoms. The molecule has 1 aliphatic heterocycles. The first-order valence-electron chi connectivity index (χ1n) is 8.02. The molecule has 0 bridgehead atoms. The highest BCUT2D eigenvalue weighted by molar-refractivity contribution is 5.95. The van der Waals surface area contributed by atoms with E-state index in [1.54, 1.807) is 19.5 Å². The number of aromatic nitrogens is 1. The summed E-state index contributed by atoms with van der Waals surface area (Å²) in [7, 11) is 1.64. The van der Waals surface area contributed by atoms with Crippen molar-refractivity contribution in [2.75, 3.05) is 26.7 Å². The topological polar surface area (TPSA) is 63.2 Å². The SMILES string of the molecule is COc1ccc(-c2cncc(C(=O)NCC3=CCNCC3)c2)cc1.Cl.Cl. The minimum absolute atomic E-state index is 0. The number of amides is 1. The number of nitrogens with zero attached hydrogens (tertiary/aromatic N) is 1. The van der Waals surface area contributed by atoms with Crippen LogP contribution < -0.4 is 15.4 Å². The van der Waals surface area contributed by atoms with Gasteiger partial charge in [0.05, 0.1) is 12.7 Å². The second kappa shape index (κ2) is 10.8. The number of carbonyl (C=O) groups excluding carboxylic acids is 1. The van der Waals surface area contributed by atoms with Crippen molar-refractivity contribution in [1.82, 2.24) is 15.6 Å². The number of hydrogen-bond donors (Lipinski definition) is 2. The Hall–Kier alpha value is -2.08. The predicted octanol–water partition coefficient (Wildman–Crippen LogP) is 3.25. The molecule has 0 aliphatic carbocycles. The monoisotopic (exact) mass is 395 g/mol. The van der Waals surface area contributed by atoms with Gasteiger partial charge in [-0.1, -0.05) is 23.8 Å². The molecule has 5 nitrogen and oxygen atoms in total. The fourth-order valence-electron chi connectivity index (χ4n) is 2.63. The number of methoxy groups -OCH3 is 1. The third kappa shape index (κ3) is 5.73. The second-order valence-electron chi connectivity index (χ2n) is 5.69. The van der Waals surface area contributed by atoms with E-state index >= 15 is 0 Å². The Kier molecular flexibility index (Phi) is 9.13. The molecule has 26 heavy (non-hydrogen) atoms. The molecule has 1 aromatic heterocycles. The number of ether oxygens (including phenoxy) is 1. The van der Waals surface area contributed by atoms with E-state index in [2.05, 4.69) is 21.7 Å². The first-order valence-corrected chi connectivity index (χ1v) is 8.02. The first-order chi connectivity index (χ1) is 11.8. The molecular formula is C19H23Cl2N3O2. The molecule has 3 rings (SSSR count). The van der Waals surface area contributed by atoms with E-state index in [0.29, 0.717) is 12.1 Å². The van der Waals surface area contributed by atoms with Crippen LogP contribution in [0.4, 0.5) is 0 Å². The molecule has 0 atom stereocenters. The lowest BCUT2D eigenvalue weighted by atomic mass is 10.1. The van der Waals surface area contributed by atoms with Gasteiger partial charge in [0.25, 0.3) is 5.91 Å². The second-order valence-corrected chi connectivity index (χ2v) is 5.69. The molecule has 1 amide bonds. The lowest BCUT2D eigenvalue weighted by Gasteiger charge is -2.14. The van der Waals surface area contributed by atoms with Gasteiger partial charge in [0, 0.05) is 31.0 Å². The van der Waals surface area contributed by atoms with Gasteiger partial charge in [-0.25, -0.2) is 0 Å². The predicted molar refractivity (Wildman–Crippen MR) is 109 cm³/mol. The summed E-state index contributed by atoms with van der Waals surface area (Å²) >= 11 is 0. The zero-order valence-corrected chi connectivity index (χ0v) is 16.2. The van der Waals surface area contributed by atoms with E-state index in [4.69, 9.17) is 4.74 Å². The fraction of sp³-hybridized carbons (Fsp3) is 0.263. The largest absolute Gasteiger partial charge is 0.497 e. The molecule has 0 unspecified atom stereocenters. The number of carbonyl (C=O) groups is 1. The van der Waals surface area contributed by atoms with Gasteiger partial charge in [-0.05, 0) is 36.7 Å². The Morgan fingerprint density at radius 1 is 1.19 bits per heavy atom. The van der Waals surface area contributed by atoms with Gasteiger partial charge in [0.1, 0.15) is 5.75 Å². The smallest absolute Gasteiger partial charge is 0.253 e. The summed E-state index contributed by atoms with van der Waals surface area (Å²) in [4.78, 5) is 16.6. The van der Waals surface area contributed by atoms with Crippen LogP contribution in [0.25, 0.3) is 11.1 Å². The highest BCUT2D eigenvalue weighted by Gasteiger charge is 2.10. The lowest BCUT2D eigenvalue weighted by molar-refractivity contribution is 0.0956. The molecule has 0 saturated carbocycles. The Morgan fingerprint density at radius 3 is 2.62 bits per heavy atom. The summed E-state index contributed by atoms with van der Waals surface area (Å²) in [6.07, 6.45) is 6.47. The quantitative estimate of drug-likeness (QED) is 0.762. The lowest BCUT2D eigenvalue weighted by Crippen LogP contribution is -2.29. The van der Waals surface area contributed by atoms with Crippen molar-refractivity contribution in [1.29, 1.82) is 0 Å². The van der Waals surface area contributed by atoms with Crippen LogP contribution in [0.15, 0.2) is 54.4 Å². The zero-order chi connectivity index (χ0) is 16.8. The van der Waals surface area contributed by atoms with E-state index in [-0.39, 0.29) is 30.7 Å². The standard InChI is InChI=1S/C19H21N3O2.2ClH/c1-24-18-4-2-15(3-5-18)16-10-17(13-21-12-16)19(23)22-11-14-6-8-20-9-7-14;;/h2-6,10,12-13,20H,7-9,11H2,1H3,(H,22,23);2*1H. The summed E-state index contributed by atoms with van der Waals surface area (Å²) in [5.41, 5.74) is 3.74. The van der Waals surface area contributed by atoms with Crippen molar-refractivity contribution in [3.8, 4) is 16.9 Å². The number of benzene rings is 1. The van der Waals surface area contributed by atoms with Crippen molar-refractivity contribution in [2.24, 2.45) is 0 Å². The van der Waals surface area contributed by atoms with Crippen molar-refractivity contribution in [2.45, 2.75) is 6.42 Å². The number of pyridine rings is 1. The van der Waals surface area contributed by atoms with E-state index < -0.39 is 0 Å². The molecule has 140 valence electrons. The number of halogens is 2. The van der Waals surface area contributed by atoms with Crippen LogP contribution in [-0.2, 0) is 0 Å². The first kappa shape index (κ1) is 22.0. The third-order valence-corrected chi connectivity index (χ3v) is 4.06. The van der Waals surface area contributed by atoms with Crippen molar-refractivity contribution < 1.29 is 9.53 Å². The zero-order valence-electron chi connectivity index (χ0n) is 14.5. The summed E-state index contributed by atoms with van der Waals surface area (Å²) < 4.78 is 5.17. The normalized spacial score (nSPS) is 12.9.